The number of carbonyl (C=O) groups excluding carboxylic acids is 1. The summed E-state index contributed by atoms with van der Waals surface area (Å²) in [5.41, 5.74) is 1.58. The standard InChI is InChI=1S/C23H30N2O3/c1-23(2,3)28-22(26)25-17-10-7-16(8-11-17)9-12-19-18-6-5-15-24-20(18)13-14-21(19)27-4/h5-6,9,12-17H,7-8,10-11H2,1-4H3,(H,25,26)/t16-,17-. The van der Waals surface area contributed by atoms with Crippen LogP contribution in [0.1, 0.15) is 52.0 Å². The van der Waals surface area contributed by atoms with Gasteiger partial charge in [0.2, 0.25) is 0 Å². The Bertz CT molecular complexity index is 847. The molecule has 28 heavy (non-hydrogen) atoms. The zero-order valence-electron chi connectivity index (χ0n) is 17.2. The van der Waals surface area contributed by atoms with Crippen LogP contribution in [0.3, 0.4) is 0 Å². The molecule has 0 saturated heterocycles. The van der Waals surface area contributed by atoms with E-state index in [1.54, 1.807) is 13.3 Å². The van der Waals surface area contributed by atoms with Crippen molar-refractivity contribution in [3.8, 4) is 5.75 Å². The summed E-state index contributed by atoms with van der Waals surface area (Å²) in [6.07, 6.45) is 9.93. The highest BCUT2D eigenvalue weighted by molar-refractivity contribution is 5.90. The van der Waals surface area contributed by atoms with Crippen molar-refractivity contribution in [1.29, 1.82) is 0 Å². The number of methoxy groups -OCH3 is 1. The van der Waals surface area contributed by atoms with E-state index in [9.17, 15) is 4.79 Å². The number of pyridine rings is 1. The predicted octanol–water partition coefficient (Wildman–Crippen LogP) is 5.34. The van der Waals surface area contributed by atoms with Crippen LogP contribution >= 0.6 is 0 Å². The minimum Gasteiger partial charge on any atom is -0.496 e. The molecule has 1 amide bonds. The van der Waals surface area contributed by atoms with E-state index in [1.165, 1.54) is 0 Å². The largest absolute Gasteiger partial charge is 0.496 e. The Balaban J connectivity index is 1.62. The Labute approximate surface area is 167 Å². The van der Waals surface area contributed by atoms with Gasteiger partial charge in [0.25, 0.3) is 0 Å². The Morgan fingerprint density at radius 1 is 1.18 bits per heavy atom. The molecule has 1 aliphatic rings. The van der Waals surface area contributed by atoms with Gasteiger partial charge >= 0.3 is 6.09 Å². The minimum atomic E-state index is -0.462. The number of aromatic nitrogens is 1. The van der Waals surface area contributed by atoms with Crippen LogP contribution in [0.25, 0.3) is 17.0 Å². The van der Waals surface area contributed by atoms with E-state index in [-0.39, 0.29) is 12.1 Å². The average molecular weight is 383 g/mol. The quantitative estimate of drug-likeness (QED) is 0.775. The Hall–Kier alpha value is -2.56. The van der Waals surface area contributed by atoms with Gasteiger partial charge in [-0.25, -0.2) is 4.79 Å². The van der Waals surface area contributed by atoms with Gasteiger partial charge in [0.15, 0.2) is 0 Å². The van der Waals surface area contributed by atoms with Gasteiger partial charge in [0.05, 0.1) is 12.6 Å². The first-order chi connectivity index (χ1) is 13.4. The number of benzene rings is 1. The van der Waals surface area contributed by atoms with Gasteiger partial charge in [0, 0.05) is 23.2 Å². The van der Waals surface area contributed by atoms with Gasteiger partial charge in [-0.3, -0.25) is 4.98 Å². The molecule has 1 fully saturated rings. The van der Waals surface area contributed by atoms with Crippen LogP contribution < -0.4 is 10.1 Å². The fourth-order valence-corrected chi connectivity index (χ4v) is 3.67. The lowest BCUT2D eigenvalue weighted by atomic mass is 9.85. The molecule has 1 N–H and O–H groups in total. The van der Waals surface area contributed by atoms with Gasteiger partial charge < -0.3 is 14.8 Å². The molecule has 5 nitrogen and oxygen atoms in total. The number of nitrogens with one attached hydrogen (secondary N) is 1. The van der Waals surface area contributed by atoms with Gasteiger partial charge in [0.1, 0.15) is 11.4 Å². The summed E-state index contributed by atoms with van der Waals surface area (Å²) in [5.74, 6) is 1.35. The van der Waals surface area contributed by atoms with Crippen LogP contribution in [0.5, 0.6) is 5.75 Å². The maximum Gasteiger partial charge on any atom is 0.407 e. The second-order valence-electron chi connectivity index (χ2n) is 8.37. The number of ether oxygens (including phenoxy) is 2. The van der Waals surface area contributed by atoms with Crippen molar-refractivity contribution in [2.45, 2.75) is 58.1 Å². The fourth-order valence-electron chi connectivity index (χ4n) is 3.67. The maximum absolute atomic E-state index is 11.9. The predicted molar refractivity (Wildman–Crippen MR) is 112 cm³/mol. The average Bonchev–Trinajstić information content (AvgIpc) is 2.65. The van der Waals surface area contributed by atoms with E-state index in [0.717, 1.165) is 47.9 Å². The number of alkyl carbamates (subject to hydrolysis) is 1. The topological polar surface area (TPSA) is 60.5 Å². The second-order valence-corrected chi connectivity index (χ2v) is 8.37. The molecular formula is C23H30N2O3. The molecular weight excluding hydrogens is 352 g/mol. The summed E-state index contributed by atoms with van der Waals surface area (Å²) < 4.78 is 10.9. The summed E-state index contributed by atoms with van der Waals surface area (Å²) in [6.45, 7) is 5.64. The van der Waals surface area contributed by atoms with E-state index >= 15 is 0 Å². The van der Waals surface area contributed by atoms with Crippen LogP contribution in [-0.4, -0.2) is 29.8 Å². The molecule has 2 aromatic rings. The SMILES string of the molecule is COc1ccc2ncccc2c1C=C[C@H]1CC[C@H](NC(=O)OC(C)(C)C)CC1. The molecule has 1 aliphatic carbocycles. The van der Waals surface area contributed by atoms with E-state index in [4.69, 9.17) is 9.47 Å². The molecule has 1 aromatic carbocycles. The molecule has 0 unspecified atom stereocenters. The minimum absolute atomic E-state index is 0.191. The van der Waals surface area contributed by atoms with E-state index in [2.05, 4.69) is 28.5 Å². The van der Waals surface area contributed by atoms with E-state index < -0.39 is 5.60 Å². The molecule has 5 heteroatoms. The Morgan fingerprint density at radius 2 is 1.93 bits per heavy atom. The summed E-state index contributed by atoms with van der Waals surface area (Å²) in [7, 11) is 1.70. The first kappa shape index (κ1) is 20.2. The third kappa shape index (κ3) is 5.24. The molecule has 0 bridgehead atoms. The number of allylic oxidation sites excluding steroid dienone is 1. The van der Waals surface area contributed by atoms with Crippen molar-refractivity contribution in [3.05, 3.63) is 42.1 Å². The number of hydrogen-bond acceptors (Lipinski definition) is 4. The zero-order chi connectivity index (χ0) is 20.1. The van der Waals surface area contributed by atoms with Crippen molar-refractivity contribution < 1.29 is 14.3 Å². The molecule has 3 rings (SSSR count). The van der Waals surface area contributed by atoms with Gasteiger partial charge in [-0.1, -0.05) is 18.2 Å². The van der Waals surface area contributed by atoms with Crippen LogP contribution in [-0.2, 0) is 4.74 Å². The number of hydrogen-bond donors (Lipinski definition) is 1. The lowest BCUT2D eigenvalue weighted by Gasteiger charge is -2.29. The van der Waals surface area contributed by atoms with E-state index in [0.29, 0.717) is 5.92 Å². The summed E-state index contributed by atoms with van der Waals surface area (Å²) >= 11 is 0. The third-order valence-corrected chi connectivity index (χ3v) is 5.03. The Kier molecular flexibility index (Phi) is 6.22. The molecule has 1 saturated carbocycles. The number of amides is 1. The highest BCUT2D eigenvalue weighted by Gasteiger charge is 2.23. The number of rotatable bonds is 4. The zero-order valence-corrected chi connectivity index (χ0v) is 17.2. The Morgan fingerprint density at radius 3 is 2.61 bits per heavy atom. The van der Waals surface area contributed by atoms with Crippen LogP contribution in [0.2, 0.25) is 0 Å². The third-order valence-electron chi connectivity index (χ3n) is 5.03. The van der Waals surface area contributed by atoms with Crippen molar-refractivity contribution in [2.75, 3.05) is 7.11 Å². The first-order valence-electron chi connectivity index (χ1n) is 9.95. The lowest BCUT2D eigenvalue weighted by molar-refractivity contribution is 0.0490. The molecule has 0 aliphatic heterocycles. The first-order valence-corrected chi connectivity index (χ1v) is 9.95. The monoisotopic (exact) mass is 382 g/mol. The lowest BCUT2D eigenvalue weighted by Crippen LogP contribution is -2.40. The normalized spacial score (nSPS) is 20.3. The van der Waals surface area contributed by atoms with Gasteiger partial charge in [-0.2, -0.15) is 0 Å². The maximum atomic E-state index is 11.9. The van der Waals surface area contributed by atoms with Crippen LogP contribution in [0, 0.1) is 5.92 Å². The molecule has 150 valence electrons. The summed E-state index contributed by atoms with van der Waals surface area (Å²) in [6, 6.07) is 8.17. The van der Waals surface area contributed by atoms with E-state index in [1.807, 2.05) is 39.0 Å². The molecule has 1 aromatic heterocycles. The van der Waals surface area contributed by atoms with Crippen LogP contribution in [0.4, 0.5) is 4.79 Å². The number of carbonyl (C=O) groups is 1. The second kappa shape index (κ2) is 8.63. The fraction of sp³-hybridized carbons (Fsp3) is 0.478. The molecule has 0 atom stereocenters. The molecule has 1 heterocycles. The van der Waals surface area contributed by atoms with Crippen molar-refractivity contribution in [3.63, 3.8) is 0 Å². The van der Waals surface area contributed by atoms with Crippen molar-refractivity contribution >= 4 is 23.1 Å². The number of nitrogens with zero attached hydrogens (tertiary/aromatic N) is 1. The van der Waals surface area contributed by atoms with Crippen molar-refractivity contribution in [1.82, 2.24) is 10.3 Å². The molecule has 0 radical (unpaired) electrons. The van der Waals surface area contributed by atoms with Gasteiger partial charge in [-0.05, 0) is 70.6 Å². The number of fused-ring (bicyclic) bond motifs is 1. The summed E-state index contributed by atoms with van der Waals surface area (Å²) in [4.78, 5) is 16.4. The van der Waals surface area contributed by atoms with Gasteiger partial charge in [-0.15, -0.1) is 0 Å². The highest BCUT2D eigenvalue weighted by atomic mass is 16.6. The smallest absolute Gasteiger partial charge is 0.407 e. The highest BCUT2D eigenvalue weighted by Crippen LogP contribution is 2.31. The summed E-state index contributed by atoms with van der Waals surface area (Å²) in [5, 5.41) is 4.09. The molecule has 0 spiro atoms. The van der Waals surface area contributed by atoms with Crippen molar-refractivity contribution in [2.24, 2.45) is 5.92 Å². The van der Waals surface area contributed by atoms with Crippen LogP contribution in [0.15, 0.2) is 36.5 Å².